The number of amides is 4. The first-order valence-corrected chi connectivity index (χ1v) is 52.7. The molecule has 0 aliphatic carbocycles. The number of nitrogens with zero attached hydrogens (tertiary/aromatic N) is 21. The van der Waals surface area contributed by atoms with Crippen molar-refractivity contribution in [3.05, 3.63) is 231 Å². The van der Waals surface area contributed by atoms with Crippen molar-refractivity contribution in [2.24, 2.45) is 83.8 Å². The Morgan fingerprint density at radius 1 is 0.440 bits per heavy atom. The van der Waals surface area contributed by atoms with Gasteiger partial charge in [-0.25, -0.2) is 48.9 Å². The number of nitrogens with two attached hydrogens (primary N) is 1. The molecule has 4 amide bonds. The summed E-state index contributed by atoms with van der Waals surface area (Å²) in [5, 5.41) is 17.6. The summed E-state index contributed by atoms with van der Waals surface area (Å²) in [5.41, 5.74) is 22.2. The molecule has 5 aliphatic rings. The number of ketones is 1. The van der Waals surface area contributed by atoms with Crippen LogP contribution in [-0.4, -0.2) is 235 Å². The quantitative estimate of drug-likeness (QED) is 0.0230. The highest BCUT2D eigenvalue weighted by Gasteiger charge is 2.38. The summed E-state index contributed by atoms with van der Waals surface area (Å²) in [6.07, 6.45) is 37.1. The summed E-state index contributed by atoms with van der Waals surface area (Å²) in [7, 11) is 10.1. The highest BCUT2D eigenvalue weighted by molar-refractivity contribution is 7.89. The molecule has 19 rings (SSSR count). The van der Waals surface area contributed by atoms with E-state index in [0.717, 1.165) is 142 Å². The Kier molecular flexibility index (Phi) is 36.0. The van der Waals surface area contributed by atoms with Gasteiger partial charge in [-0.15, -0.1) is 0 Å². The van der Waals surface area contributed by atoms with Crippen LogP contribution in [0.5, 0.6) is 0 Å². The molecule has 5 saturated heterocycles. The molecule has 14 heterocycles. The molecule has 5 fully saturated rings. The maximum absolute atomic E-state index is 12.7. The average Bonchev–Trinajstić information content (AvgIpc) is 1.59. The minimum atomic E-state index is -3.67. The first kappa shape index (κ1) is 111. The average molecular weight is 2070 g/mol. The number of piperidine rings is 5. The van der Waals surface area contributed by atoms with Gasteiger partial charge in [-0.1, -0.05) is 42.0 Å². The second-order valence-electron chi connectivity index (χ2n) is 43.3. The molecule has 0 spiro atoms. The van der Waals surface area contributed by atoms with Crippen LogP contribution in [0.15, 0.2) is 207 Å². The van der Waals surface area contributed by atoms with Gasteiger partial charge in [0.25, 0.3) is 10.0 Å². The number of rotatable bonds is 18. The smallest absolute Gasteiger partial charge is 0.410 e. The number of anilines is 2. The number of aryl methyl sites for hydroxylation is 8. The summed E-state index contributed by atoms with van der Waals surface area (Å²) >= 11 is 0. The summed E-state index contributed by atoms with van der Waals surface area (Å²) in [5.74, 6) is 1.16. The lowest BCUT2D eigenvalue weighted by Crippen LogP contribution is -2.43. The number of imidazole rings is 5. The zero-order valence-corrected chi connectivity index (χ0v) is 90.8. The number of hydrazone groups is 1. The summed E-state index contributed by atoms with van der Waals surface area (Å²) in [6, 6.07) is 32.6. The van der Waals surface area contributed by atoms with Crippen LogP contribution in [0, 0.1) is 30.6 Å². The van der Waals surface area contributed by atoms with Gasteiger partial charge in [0.1, 0.15) is 33.8 Å². The largest absolute Gasteiger partial charge is 0.444 e. The molecule has 150 heavy (non-hydrogen) atoms. The van der Waals surface area contributed by atoms with Gasteiger partial charge in [-0.05, 0) is 255 Å². The molecule has 0 saturated carbocycles. The van der Waals surface area contributed by atoms with E-state index >= 15 is 0 Å². The molecule has 3 atom stereocenters. The van der Waals surface area contributed by atoms with E-state index in [0.29, 0.717) is 101 Å². The number of aldehydes is 1. The maximum Gasteiger partial charge on any atom is 0.410 e. The fourth-order valence-corrected chi connectivity index (χ4v) is 19.6. The van der Waals surface area contributed by atoms with Crippen LogP contribution in [0.2, 0.25) is 0 Å². The van der Waals surface area contributed by atoms with Crippen LogP contribution in [-0.2, 0) is 78.3 Å². The van der Waals surface area contributed by atoms with E-state index in [1.165, 1.54) is 21.8 Å². The molecular formula is C111H146N26O12S. The Labute approximate surface area is 877 Å². The fourth-order valence-electron chi connectivity index (χ4n) is 18.7. The minimum Gasteiger partial charge on any atom is -0.444 e. The summed E-state index contributed by atoms with van der Waals surface area (Å²) in [4.78, 5) is 121. The third-order valence-corrected chi connectivity index (χ3v) is 27.8. The third-order valence-electron chi connectivity index (χ3n) is 26.5. The Bertz CT molecular complexity index is 7110. The van der Waals surface area contributed by atoms with E-state index in [1.807, 2.05) is 163 Å². The number of likely N-dealkylation sites (tertiary alicyclic amines) is 4. The number of benzene rings is 5. The molecule has 3 unspecified atom stereocenters. The number of hydrogen-bond donors (Lipinski definition) is 5. The molecule has 798 valence electrons. The Hall–Kier alpha value is -14.7. The molecule has 6 N–H and O–H groups in total. The standard InChI is InChI=1S/C32H37N7O2.C27H29N7.C17H25N3O4S.C15H26N4O2.C15H23N3O3.C5H6N2O/c1-32(2,3)41-31(40)39-14-9-22(10-15-39)29(27-19-37(4)20-35-27)36-24-17-25(30-26(18-24)33-11-12-34-30)23-7-6-21-8-13-38(5)28(21)16-23;1-33-16-24(31-17-33)26(19-5-8-28-9-6-19)32-21-14-22(27-23(15-21)29-10-11-30-27)20-4-3-18-7-12-34(2)25(18)13-20;1-13-5-7-15(8-6-13)25(22,23)19-18-14-9-11-20(12-10-14)16(21)24-17(2,3)4;1-15(2,3)21-14(20)19-7-5-11(6-8-19)13(16)12-9-18(4)10-17-12;1-15(2,3)21-14(20)18-7-5-11(6-8-18)13(19)12-9-17(4)10-16-12;1-7-2-5(3-8)6-4-7/h6-8,11-13,16-20,22,29,36H,9-10,14-15H2,1-5H3;3-4,7,10-17,19,26,28,32H,5-6,8-9H2,1-2H3;5-8,19H,9-12H2,1-4H3;9-11,13H,5-8,16H2,1-4H3;9-11H,5-8H2,1-4H3;2-4H,1H3. The van der Waals surface area contributed by atoms with E-state index in [4.69, 9.17) is 44.6 Å². The molecule has 5 aliphatic heterocycles. The number of aromatic nitrogens is 16. The number of fused-ring (bicyclic) bond motifs is 4. The molecular weight excluding hydrogens is 1920 g/mol. The zero-order chi connectivity index (χ0) is 108. The van der Waals surface area contributed by atoms with Crippen molar-refractivity contribution in [2.75, 3.05) is 76.1 Å². The van der Waals surface area contributed by atoms with Crippen molar-refractivity contribution in [1.82, 2.24) is 107 Å². The minimum absolute atomic E-state index is 0.0330. The number of carbonyl (C=O) groups excluding carboxylic acids is 6. The monoisotopic (exact) mass is 2070 g/mol. The molecule has 9 aromatic heterocycles. The van der Waals surface area contributed by atoms with Gasteiger partial charge in [0.2, 0.25) is 0 Å². The topological polar surface area (TPSA) is 423 Å². The number of hydrogen-bond acceptors (Lipinski definition) is 26. The molecule has 5 aromatic carbocycles. The van der Waals surface area contributed by atoms with Crippen molar-refractivity contribution in [3.63, 3.8) is 0 Å². The number of sulfonamides is 1. The Balaban J connectivity index is 0.000000148. The van der Waals surface area contributed by atoms with Crippen LogP contribution < -0.4 is 26.5 Å². The molecule has 14 aromatic rings. The zero-order valence-electron chi connectivity index (χ0n) is 90.0. The van der Waals surface area contributed by atoms with Crippen molar-refractivity contribution < 1.29 is 56.1 Å². The van der Waals surface area contributed by atoms with Crippen LogP contribution in [0.1, 0.15) is 209 Å². The number of carbonyl (C=O) groups is 6. The van der Waals surface area contributed by atoms with E-state index < -0.39 is 32.4 Å². The van der Waals surface area contributed by atoms with Gasteiger partial charge in [0.15, 0.2) is 12.1 Å². The first-order valence-electron chi connectivity index (χ1n) is 51.3. The van der Waals surface area contributed by atoms with Gasteiger partial charge < -0.3 is 92.2 Å². The van der Waals surface area contributed by atoms with Crippen LogP contribution in [0.25, 0.3) is 66.1 Å². The van der Waals surface area contributed by atoms with Gasteiger partial charge >= 0.3 is 24.4 Å². The number of nitrogens with one attached hydrogen (secondary N) is 4. The van der Waals surface area contributed by atoms with E-state index in [-0.39, 0.29) is 65.0 Å². The predicted octanol–water partition coefficient (Wildman–Crippen LogP) is 18.2. The SMILES string of the molecule is Cc1ccc(S(=O)(=O)NN=C2CCN(C(=O)OC(C)(C)C)CC2)cc1.Cn1cnc(C(=O)C2CCN(C(=O)OC(C)(C)C)CC2)c1.Cn1cnc(C(N)C2CCN(C(=O)OC(C)(C)C)CC2)c1.Cn1cnc(C(Nc2cc(-c3ccc4ccn(C)c4c3)c3nccnc3c2)C2CCN(C(=O)OC(C)(C)C)CC2)c1.Cn1cnc(C(Nc2cc(-c3ccc4ccn(C)c4c3)c3nccnc3c2)C2CCNCC2)c1.Cn1cnc(C=O)c1. The Morgan fingerprint density at radius 3 is 1.22 bits per heavy atom. The van der Waals surface area contributed by atoms with Crippen LogP contribution in [0.3, 0.4) is 0 Å². The van der Waals surface area contributed by atoms with E-state index in [1.54, 1.807) is 104 Å². The fraction of sp³-hybridized carbons (Fsp3) is 0.459. The molecule has 0 bridgehead atoms. The third kappa shape index (κ3) is 30.5. The Morgan fingerprint density at radius 2 is 0.827 bits per heavy atom. The lowest BCUT2D eigenvalue weighted by Gasteiger charge is -2.37. The molecule has 0 radical (unpaired) electrons. The summed E-state index contributed by atoms with van der Waals surface area (Å²) in [6.45, 7) is 31.1. The van der Waals surface area contributed by atoms with Gasteiger partial charge in [-0.2, -0.15) is 13.5 Å². The second kappa shape index (κ2) is 48.7. The lowest BCUT2D eigenvalue weighted by atomic mass is 9.87. The summed E-state index contributed by atoms with van der Waals surface area (Å²) < 4.78 is 59.8. The highest BCUT2D eigenvalue weighted by Crippen LogP contribution is 2.41. The number of Topliss-reactive ketones (excluding diaryl/α,β-unsaturated/α-hetero) is 1. The second-order valence-corrected chi connectivity index (χ2v) is 45.0. The lowest BCUT2D eigenvalue weighted by molar-refractivity contribution is 0.0165. The number of ether oxygens (including phenoxy) is 4. The van der Waals surface area contributed by atoms with Crippen LogP contribution >= 0.6 is 0 Å². The molecule has 38 nitrogen and oxygen atoms in total. The van der Waals surface area contributed by atoms with Crippen LogP contribution in [0.4, 0.5) is 30.6 Å². The van der Waals surface area contributed by atoms with Crippen molar-refractivity contribution >= 4 is 107 Å². The van der Waals surface area contributed by atoms with Gasteiger partial charge in [0, 0.05) is 228 Å². The first-order chi connectivity index (χ1) is 71.2. The molecule has 39 heteroatoms. The highest BCUT2D eigenvalue weighted by atomic mass is 32.2. The van der Waals surface area contributed by atoms with Crippen molar-refractivity contribution in [3.8, 4) is 22.3 Å². The van der Waals surface area contributed by atoms with E-state index in [9.17, 15) is 37.2 Å². The van der Waals surface area contributed by atoms with Crippen molar-refractivity contribution in [1.29, 1.82) is 0 Å². The predicted molar refractivity (Wildman–Crippen MR) is 581 cm³/mol. The van der Waals surface area contributed by atoms with Gasteiger partial charge in [0.05, 0.1) is 93.8 Å². The van der Waals surface area contributed by atoms with Gasteiger partial charge in [-0.3, -0.25) is 29.5 Å². The maximum atomic E-state index is 12.7. The van der Waals surface area contributed by atoms with Crippen molar-refractivity contribution in [2.45, 2.75) is 200 Å². The normalized spacial score (nSPS) is 15.8. The van der Waals surface area contributed by atoms with E-state index in [2.05, 4.69) is 172 Å².